The van der Waals surface area contributed by atoms with E-state index >= 15 is 0 Å². The summed E-state index contributed by atoms with van der Waals surface area (Å²) in [5, 5.41) is 11.6. The third-order valence-electron chi connectivity index (χ3n) is 3.30. The Hall–Kier alpha value is -1.30. The molecule has 1 fully saturated rings. The smallest absolute Gasteiger partial charge is 0.329 e. The maximum atomic E-state index is 12.2. The molecular formula is C15H28N2O4. The predicted molar refractivity (Wildman–Crippen MR) is 80.2 cm³/mol. The molecule has 0 bridgehead atoms. The summed E-state index contributed by atoms with van der Waals surface area (Å²) in [6, 6.07) is -0.124. The second kappa shape index (κ2) is 5.83. The Kier molecular flexibility index (Phi) is 4.93. The van der Waals surface area contributed by atoms with Crippen LogP contribution in [0.1, 0.15) is 48.0 Å². The number of aliphatic carboxylic acids is 1. The maximum Gasteiger partial charge on any atom is 0.329 e. The summed E-state index contributed by atoms with van der Waals surface area (Å²) in [7, 11) is 0. The van der Waals surface area contributed by atoms with Gasteiger partial charge < -0.3 is 20.1 Å². The molecule has 1 aliphatic rings. The van der Waals surface area contributed by atoms with Crippen LogP contribution in [0.3, 0.4) is 0 Å². The first-order valence-corrected chi connectivity index (χ1v) is 7.25. The third kappa shape index (κ3) is 5.91. The molecule has 0 spiro atoms. The summed E-state index contributed by atoms with van der Waals surface area (Å²) in [5.41, 5.74) is -0.710. The molecule has 0 aromatic rings. The average Bonchev–Trinajstić information content (AvgIpc) is 2.17. The fourth-order valence-electron chi connectivity index (χ4n) is 2.97. The number of ether oxygens (including phenoxy) is 1. The first-order valence-electron chi connectivity index (χ1n) is 7.25. The summed E-state index contributed by atoms with van der Waals surface area (Å²) in [6.45, 7) is 12.8. The molecule has 0 aliphatic carbocycles. The van der Waals surface area contributed by atoms with Crippen LogP contribution in [0.15, 0.2) is 0 Å². The van der Waals surface area contributed by atoms with Gasteiger partial charge in [0.15, 0.2) is 0 Å². The van der Waals surface area contributed by atoms with E-state index in [9.17, 15) is 9.59 Å². The number of amides is 2. The Balaban J connectivity index is 2.44. The molecule has 1 saturated heterocycles. The van der Waals surface area contributed by atoms with Gasteiger partial charge in [-0.2, -0.15) is 0 Å². The lowest BCUT2D eigenvalue weighted by Crippen LogP contribution is -2.67. The van der Waals surface area contributed by atoms with Crippen molar-refractivity contribution < 1.29 is 19.4 Å². The van der Waals surface area contributed by atoms with Gasteiger partial charge in [0.25, 0.3) is 0 Å². The minimum atomic E-state index is -0.995. The SMILES string of the molecule is CC(C)(C)CC(C)(C)NC(=O)N1CC(C)(OCC(=O)O)C1. The fraction of sp³-hybridized carbons (Fsp3) is 0.867. The van der Waals surface area contributed by atoms with Gasteiger partial charge in [0.2, 0.25) is 0 Å². The summed E-state index contributed by atoms with van der Waals surface area (Å²) < 4.78 is 5.30. The lowest BCUT2D eigenvalue weighted by Gasteiger charge is -2.48. The maximum absolute atomic E-state index is 12.2. The highest BCUT2D eigenvalue weighted by molar-refractivity contribution is 5.76. The Labute approximate surface area is 126 Å². The first-order chi connectivity index (χ1) is 9.32. The molecule has 6 nitrogen and oxygen atoms in total. The van der Waals surface area contributed by atoms with E-state index in [-0.39, 0.29) is 23.6 Å². The standard InChI is InChI=1S/C15H28N2O4/c1-13(2,3)8-14(4,5)16-12(20)17-9-15(6,10-17)21-7-11(18)19/h7-10H2,1-6H3,(H,16,20)(H,18,19). The van der Waals surface area contributed by atoms with Gasteiger partial charge >= 0.3 is 12.0 Å². The van der Waals surface area contributed by atoms with Crippen LogP contribution >= 0.6 is 0 Å². The van der Waals surface area contributed by atoms with E-state index in [0.29, 0.717) is 13.1 Å². The Morgan fingerprint density at radius 2 is 1.76 bits per heavy atom. The predicted octanol–water partition coefficient (Wildman–Crippen LogP) is 2.09. The van der Waals surface area contributed by atoms with E-state index in [0.717, 1.165) is 6.42 Å². The second-order valence-electron chi connectivity index (χ2n) is 8.04. The lowest BCUT2D eigenvalue weighted by molar-refractivity contribution is -0.159. The number of carboxylic acid groups (broad SMARTS) is 1. The van der Waals surface area contributed by atoms with E-state index in [4.69, 9.17) is 9.84 Å². The van der Waals surface area contributed by atoms with Crippen molar-refractivity contribution in [2.75, 3.05) is 19.7 Å². The van der Waals surface area contributed by atoms with Gasteiger partial charge in [-0.15, -0.1) is 0 Å². The van der Waals surface area contributed by atoms with Crippen LogP contribution in [0.5, 0.6) is 0 Å². The Morgan fingerprint density at radius 1 is 1.24 bits per heavy atom. The third-order valence-corrected chi connectivity index (χ3v) is 3.30. The number of carbonyl (C=O) groups excluding carboxylic acids is 1. The van der Waals surface area contributed by atoms with Crippen LogP contribution in [0, 0.1) is 5.41 Å². The highest BCUT2D eigenvalue weighted by Gasteiger charge is 2.43. The minimum absolute atomic E-state index is 0.124. The zero-order valence-electron chi connectivity index (χ0n) is 13.9. The molecule has 21 heavy (non-hydrogen) atoms. The molecule has 2 amide bonds. The molecule has 2 N–H and O–H groups in total. The van der Waals surface area contributed by atoms with E-state index in [1.54, 1.807) is 4.90 Å². The summed E-state index contributed by atoms with van der Waals surface area (Å²) in [5.74, 6) is -0.995. The molecule has 0 atom stereocenters. The van der Waals surface area contributed by atoms with Crippen molar-refractivity contribution in [2.24, 2.45) is 5.41 Å². The number of hydrogen-bond acceptors (Lipinski definition) is 3. The number of carbonyl (C=O) groups is 2. The number of nitrogens with one attached hydrogen (secondary N) is 1. The Bertz CT molecular complexity index is 406. The molecule has 1 rings (SSSR count). The van der Waals surface area contributed by atoms with Crippen LogP contribution in [0.2, 0.25) is 0 Å². The zero-order valence-corrected chi connectivity index (χ0v) is 13.9. The summed E-state index contributed by atoms with van der Waals surface area (Å²) in [6.07, 6.45) is 0.867. The normalized spacial score (nSPS) is 18.1. The van der Waals surface area contributed by atoms with Gasteiger partial charge in [0.1, 0.15) is 12.2 Å². The number of rotatable bonds is 5. The zero-order chi connectivity index (χ0) is 16.5. The van der Waals surface area contributed by atoms with Crippen LogP contribution in [-0.2, 0) is 9.53 Å². The minimum Gasteiger partial charge on any atom is -0.480 e. The molecule has 122 valence electrons. The van der Waals surface area contributed by atoms with E-state index in [2.05, 4.69) is 26.1 Å². The van der Waals surface area contributed by atoms with Crippen LogP contribution in [-0.4, -0.2) is 52.8 Å². The fourth-order valence-corrected chi connectivity index (χ4v) is 2.97. The molecule has 1 aliphatic heterocycles. The number of urea groups is 1. The molecule has 1 heterocycles. The van der Waals surface area contributed by atoms with Crippen molar-refractivity contribution in [3.05, 3.63) is 0 Å². The van der Waals surface area contributed by atoms with Gasteiger partial charge in [-0.3, -0.25) is 0 Å². The highest BCUT2D eigenvalue weighted by Crippen LogP contribution is 2.28. The van der Waals surface area contributed by atoms with Crippen LogP contribution in [0.25, 0.3) is 0 Å². The molecular weight excluding hydrogens is 272 g/mol. The van der Waals surface area contributed by atoms with E-state index < -0.39 is 11.6 Å². The van der Waals surface area contributed by atoms with Gasteiger partial charge in [-0.05, 0) is 32.6 Å². The molecule has 0 saturated carbocycles. The van der Waals surface area contributed by atoms with Gasteiger partial charge in [0.05, 0.1) is 13.1 Å². The molecule has 6 heteroatoms. The highest BCUT2D eigenvalue weighted by atomic mass is 16.5. The number of nitrogens with zero attached hydrogens (tertiary/aromatic N) is 1. The van der Waals surface area contributed by atoms with Gasteiger partial charge in [0, 0.05) is 5.54 Å². The van der Waals surface area contributed by atoms with Crippen molar-refractivity contribution in [1.82, 2.24) is 10.2 Å². The van der Waals surface area contributed by atoms with Crippen molar-refractivity contribution in [3.8, 4) is 0 Å². The van der Waals surface area contributed by atoms with Crippen molar-refractivity contribution in [1.29, 1.82) is 0 Å². The van der Waals surface area contributed by atoms with Gasteiger partial charge in [-0.1, -0.05) is 20.8 Å². The van der Waals surface area contributed by atoms with Crippen molar-refractivity contribution >= 4 is 12.0 Å². The molecule has 0 aromatic carbocycles. The van der Waals surface area contributed by atoms with Gasteiger partial charge in [-0.25, -0.2) is 9.59 Å². The molecule has 0 radical (unpaired) electrons. The summed E-state index contributed by atoms with van der Waals surface area (Å²) >= 11 is 0. The topological polar surface area (TPSA) is 78.9 Å². The quantitative estimate of drug-likeness (QED) is 0.815. The summed E-state index contributed by atoms with van der Waals surface area (Å²) in [4.78, 5) is 24.3. The van der Waals surface area contributed by atoms with Crippen molar-refractivity contribution in [3.63, 3.8) is 0 Å². The molecule has 0 aromatic heterocycles. The lowest BCUT2D eigenvalue weighted by atomic mass is 9.82. The number of hydrogen-bond donors (Lipinski definition) is 2. The monoisotopic (exact) mass is 300 g/mol. The Morgan fingerprint density at radius 3 is 2.19 bits per heavy atom. The van der Waals surface area contributed by atoms with E-state index in [1.165, 1.54) is 0 Å². The van der Waals surface area contributed by atoms with Crippen molar-refractivity contribution in [2.45, 2.75) is 59.1 Å². The second-order valence-corrected chi connectivity index (χ2v) is 8.04. The number of carboxylic acids is 1. The first kappa shape index (κ1) is 17.8. The van der Waals surface area contributed by atoms with E-state index in [1.807, 2.05) is 20.8 Å². The molecule has 0 unspecified atom stereocenters. The largest absolute Gasteiger partial charge is 0.480 e. The number of likely N-dealkylation sites (tertiary alicyclic amines) is 1. The van der Waals surface area contributed by atoms with Crippen LogP contribution < -0.4 is 5.32 Å². The van der Waals surface area contributed by atoms with Crippen LogP contribution in [0.4, 0.5) is 4.79 Å². The average molecular weight is 300 g/mol.